The lowest BCUT2D eigenvalue weighted by atomic mass is 10.1. The van der Waals surface area contributed by atoms with Crippen molar-refractivity contribution in [1.29, 1.82) is 0 Å². The Morgan fingerprint density at radius 3 is 2.84 bits per heavy atom. The van der Waals surface area contributed by atoms with Gasteiger partial charge < -0.3 is 15.2 Å². The normalized spacial score (nSPS) is 10.2. The minimum atomic E-state index is -0.316. The molecule has 0 aliphatic heterocycles. The fourth-order valence-corrected chi connectivity index (χ4v) is 2.56. The van der Waals surface area contributed by atoms with Gasteiger partial charge in [0.25, 0.3) is 5.91 Å². The number of ether oxygens (including phenoxy) is 1. The number of para-hydroxylation sites is 1. The summed E-state index contributed by atoms with van der Waals surface area (Å²) in [6, 6.07) is 6.85. The zero-order valence-electron chi connectivity index (χ0n) is 10.8. The van der Waals surface area contributed by atoms with E-state index in [1.165, 1.54) is 7.11 Å². The first-order valence-electron chi connectivity index (χ1n) is 5.80. The van der Waals surface area contributed by atoms with Gasteiger partial charge in [0.2, 0.25) is 0 Å². The first-order valence-corrected chi connectivity index (χ1v) is 6.68. The van der Waals surface area contributed by atoms with Crippen LogP contribution in [0, 0.1) is 6.92 Å². The van der Waals surface area contributed by atoms with Gasteiger partial charge >= 0.3 is 0 Å². The molecule has 0 radical (unpaired) electrons. The van der Waals surface area contributed by atoms with Crippen molar-refractivity contribution in [2.24, 2.45) is 0 Å². The highest BCUT2D eigenvalue weighted by atomic mass is 32.1. The van der Waals surface area contributed by atoms with E-state index in [1.54, 1.807) is 29.5 Å². The monoisotopic (exact) mass is 277 g/mol. The summed E-state index contributed by atoms with van der Waals surface area (Å²) >= 11 is 1.60. The van der Waals surface area contributed by atoms with Crippen LogP contribution in [0.3, 0.4) is 0 Å². The molecule has 0 unspecified atom stereocenters. The SMILES string of the molecule is COc1cccc(C(=O)NCc2sccc2C)c1O. The summed E-state index contributed by atoms with van der Waals surface area (Å²) in [5.41, 5.74) is 1.37. The van der Waals surface area contributed by atoms with E-state index in [1.807, 2.05) is 18.4 Å². The molecule has 1 aromatic heterocycles. The number of phenols is 1. The third-order valence-electron chi connectivity index (χ3n) is 2.84. The van der Waals surface area contributed by atoms with Crippen molar-refractivity contribution >= 4 is 17.2 Å². The molecule has 0 aliphatic rings. The van der Waals surface area contributed by atoms with Crippen molar-refractivity contribution in [3.63, 3.8) is 0 Å². The number of carbonyl (C=O) groups excluding carboxylic acids is 1. The number of aromatic hydroxyl groups is 1. The molecule has 2 rings (SSSR count). The summed E-state index contributed by atoms with van der Waals surface area (Å²) in [5, 5.41) is 14.7. The number of aryl methyl sites for hydroxylation is 1. The van der Waals surface area contributed by atoms with E-state index in [9.17, 15) is 9.90 Å². The molecule has 0 atom stereocenters. The molecule has 100 valence electrons. The van der Waals surface area contributed by atoms with Crippen molar-refractivity contribution in [1.82, 2.24) is 5.32 Å². The molecule has 19 heavy (non-hydrogen) atoms. The average molecular weight is 277 g/mol. The van der Waals surface area contributed by atoms with Crippen molar-refractivity contribution in [3.05, 3.63) is 45.6 Å². The number of phenolic OH excluding ortho intramolecular Hbond substituents is 1. The Labute approximate surface area is 115 Å². The standard InChI is InChI=1S/C14H15NO3S/c1-9-6-7-19-12(9)8-15-14(17)10-4-3-5-11(18-2)13(10)16/h3-7,16H,8H2,1-2H3,(H,15,17). The molecule has 0 fully saturated rings. The third kappa shape index (κ3) is 2.88. The molecular weight excluding hydrogens is 262 g/mol. The Hall–Kier alpha value is -2.01. The molecule has 2 aromatic rings. The molecular formula is C14H15NO3S. The van der Waals surface area contributed by atoms with E-state index in [-0.39, 0.29) is 17.2 Å². The van der Waals surface area contributed by atoms with Crippen LogP contribution in [0.15, 0.2) is 29.6 Å². The van der Waals surface area contributed by atoms with Crippen LogP contribution in [-0.2, 0) is 6.54 Å². The van der Waals surface area contributed by atoms with Gasteiger partial charge in [-0.25, -0.2) is 0 Å². The largest absolute Gasteiger partial charge is 0.504 e. The van der Waals surface area contributed by atoms with E-state index in [2.05, 4.69) is 5.32 Å². The summed E-state index contributed by atoms with van der Waals surface area (Å²) < 4.78 is 4.98. The van der Waals surface area contributed by atoms with E-state index in [0.717, 1.165) is 10.4 Å². The Morgan fingerprint density at radius 1 is 1.42 bits per heavy atom. The van der Waals surface area contributed by atoms with Gasteiger partial charge in [-0.15, -0.1) is 11.3 Å². The summed E-state index contributed by atoms with van der Waals surface area (Å²) in [6.45, 7) is 2.46. The highest BCUT2D eigenvalue weighted by Gasteiger charge is 2.14. The zero-order chi connectivity index (χ0) is 13.8. The number of amides is 1. The van der Waals surface area contributed by atoms with Gasteiger partial charge in [0.05, 0.1) is 19.2 Å². The quantitative estimate of drug-likeness (QED) is 0.903. The number of hydrogen-bond donors (Lipinski definition) is 2. The molecule has 2 N–H and O–H groups in total. The fourth-order valence-electron chi connectivity index (χ4n) is 1.71. The predicted octanol–water partition coefficient (Wildman–Crippen LogP) is 2.70. The molecule has 1 heterocycles. The number of hydrogen-bond acceptors (Lipinski definition) is 4. The number of rotatable bonds is 4. The summed E-state index contributed by atoms with van der Waals surface area (Å²) in [5.74, 6) is -0.158. The van der Waals surface area contributed by atoms with Crippen LogP contribution in [0.4, 0.5) is 0 Å². The lowest BCUT2D eigenvalue weighted by Crippen LogP contribution is -2.22. The van der Waals surface area contributed by atoms with Crippen LogP contribution in [-0.4, -0.2) is 18.1 Å². The zero-order valence-corrected chi connectivity index (χ0v) is 11.6. The van der Waals surface area contributed by atoms with Gasteiger partial charge in [0.1, 0.15) is 0 Å². The smallest absolute Gasteiger partial charge is 0.255 e. The molecule has 5 heteroatoms. The first kappa shape index (κ1) is 13.4. The first-order chi connectivity index (χ1) is 9.13. The second kappa shape index (κ2) is 5.75. The lowest BCUT2D eigenvalue weighted by Gasteiger charge is -2.09. The van der Waals surface area contributed by atoms with E-state index in [4.69, 9.17) is 4.74 Å². The molecule has 0 saturated carbocycles. The number of nitrogens with one attached hydrogen (secondary N) is 1. The van der Waals surface area contributed by atoms with E-state index >= 15 is 0 Å². The Bertz CT molecular complexity index is 592. The maximum atomic E-state index is 12.0. The van der Waals surface area contributed by atoms with Crippen LogP contribution in [0.25, 0.3) is 0 Å². The number of thiophene rings is 1. The molecule has 0 aliphatic carbocycles. The minimum absolute atomic E-state index is 0.134. The van der Waals surface area contributed by atoms with Gasteiger partial charge in [0.15, 0.2) is 11.5 Å². The number of methoxy groups -OCH3 is 1. The Morgan fingerprint density at radius 2 is 2.21 bits per heavy atom. The third-order valence-corrected chi connectivity index (χ3v) is 3.86. The van der Waals surface area contributed by atoms with Gasteiger partial charge in [-0.2, -0.15) is 0 Å². The summed E-state index contributed by atoms with van der Waals surface area (Å²) in [7, 11) is 1.45. The van der Waals surface area contributed by atoms with Crippen LogP contribution < -0.4 is 10.1 Å². The van der Waals surface area contributed by atoms with Crippen LogP contribution in [0.5, 0.6) is 11.5 Å². The fraction of sp³-hybridized carbons (Fsp3) is 0.214. The average Bonchev–Trinajstić information content (AvgIpc) is 2.82. The molecule has 0 bridgehead atoms. The topological polar surface area (TPSA) is 58.6 Å². The van der Waals surface area contributed by atoms with Crippen molar-refractivity contribution in [3.8, 4) is 11.5 Å². The second-order valence-electron chi connectivity index (χ2n) is 4.07. The maximum absolute atomic E-state index is 12.0. The van der Waals surface area contributed by atoms with Crippen molar-refractivity contribution < 1.29 is 14.6 Å². The summed E-state index contributed by atoms with van der Waals surface area (Å²) in [6.07, 6.45) is 0. The Balaban J connectivity index is 2.10. The Kier molecular flexibility index (Phi) is 4.06. The van der Waals surface area contributed by atoms with Gasteiger partial charge in [-0.3, -0.25) is 4.79 Å². The van der Waals surface area contributed by atoms with Gasteiger partial charge in [-0.05, 0) is 36.1 Å². The van der Waals surface area contributed by atoms with Crippen molar-refractivity contribution in [2.75, 3.05) is 7.11 Å². The van der Waals surface area contributed by atoms with Gasteiger partial charge in [0, 0.05) is 4.88 Å². The van der Waals surface area contributed by atoms with Crippen LogP contribution >= 0.6 is 11.3 Å². The molecule has 1 amide bonds. The van der Waals surface area contributed by atoms with Crippen LogP contribution in [0.2, 0.25) is 0 Å². The highest BCUT2D eigenvalue weighted by Crippen LogP contribution is 2.29. The number of benzene rings is 1. The van der Waals surface area contributed by atoms with Crippen molar-refractivity contribution in [2.45, 2.75) is 13.5 Å². The number of carbonyl (C=O) groups is 1. The minimum Gasteiger partial charge on any atom is -0.504 e. The van der Waals surface area contributed by atoms with E-state index < -0.39 is 0 Å². The summed E-state index contributed by atoms with van der Waals surface area (Å²) in [4.78, 5) is 13.1. The highest BCUT2D eigenvalue weighted by molar-refractivity contribution is 7.10. The molecule has 4 nitrogen and oxygen atoms in total. The van der Waals surface area contributed by atoms with E-state index in [0.29, 0.717) is 12.3 Å². The van der Waals surface area contributed by atoms with Gasteiger partial charge in [-0.1, -0.05) is 6.07 Å². The van der Waals surface area contributed by atoms with Crippen LogP contribution in [0.1, 0.15) is 20.8 Å². The lowest BCUT2D eigenvalue weighted by molar-refractivity contribution is 0.0948. The molecule has 0 spiro atoms. The molecule has 0 saturated heterocycles. The second-order valence-corrected chi connectivity index (χ2v) is 5.07. The molecule has 1 aromatic carbocycles. The predicted molar refractivity (Wildman–Crippen MR) is 74.9 cm³/mol. The maximum Gasteiger partial charge on any atom is 0.255 e.